The highest BCUT2D eigenvalue weighted by molar-refractivity contribution is 7.90. The Morgan fingerprint density at radius 3 is 2.45 bits per heavy atom. The van der Waals surface area contributed by atoms with Crippen LogP contribution in [0.15, 0.2) is 84.3 Å². The van der Waals surface area contributed by atoms with E-state index in [4.69, 9.17) is 4.18 Å². The molecule has 2 aromatic carbocycles. The van der Waals surface area contributed by atoms with Crippen LogP contribution in [0.25, 0.3) is 33.1 Å². The number of nitrogens with one attached hydrogen (secondary N) is 2. The summed E-state index contributed by atoms with van der Waals surface area (Å²) in [5.74, 6) is 0.569. The summed E-state index contributed by atoms with van der Waals surface area (Å²) in [7, 11) is -6.04. The highest BCUT2D eigenvalue weighted by Crippen LogP contribution is 2.38. The number of rotatable bonds is 11. The molecule has 0 aliphatic heterocycles. The van der Waals surface area contributed by atoms with E-state index in [0.29, 0.717) is 39.8 Å². The van der Waals surface area contributed by atoms with Crippen LogP contribution in [0.2, 0.25) is 0 Å². The molecule has 0 radical (unpaired) electrons. The summed E-state index contributed by atoms with van der Waals surface area (Å²) in [4.78, 5) is 17.9. The van der Waals surface area contributed by atoms with E-state index < -0.39 is 20.1 Å². The third-order valence-corrected chi connectivity index (χ3v) is 9.65. The lowest BCUT2D eigenvalue weighted by Gasteiger charge is -2.12. The monoisotopic (exact) mass is 673 g/mol. The lowest BCUT2D eigenvalue weighted by Crippen LogP contribution is -2.13. The van der Waals surface area contributed by atoms with Gasteiger partial charge in [0, 0.05) is 43.1 Å². The summed E-state index contributed by atoms with van der Waals surface area (Å²) in [6.45, 7) is 2.09. The predicted molar refractivity (Wildman–Crippen MR) is 179 cm³/mol. The zero-order chi connectivity index (χ0) is 33.3. The highest BCUT2D eigenvalue weighted by atomic mass is 32.2. The standard InChI is InChI=1S/C32H31N7O6S2/c1-20-4-7-26(8-5-20)47(43,44)39-19-27(23-6-9-28-24(14-23)12-21(16-35-28)10-11-45-46(3,41)42)29-30(37-32(33-2)38-31(29)39)36-17-22-13-25(40)18-34-15-22/h4-9,12-16,18-19,40H,10-11,17H2,1-3H3,(H2,33,36,37,38). The molecule has 13 nitrogen and oxygen atoms in total. The Bertz CT molecular complexity index is 2340. The Hall–Kier alpha value is -5.12. The van der Waals surface area contributed by atoms with Gasteiger partial charge in [0.2, 0.25) is 5.95 Å². The molecule has 0 aliphatic rings. The van der Waals surface area contributed by atoms with Gasteiger partial charge < -0.3 is 15.7 Å². The molecule has 0 amide bonds. The van der Waals surface area contributed by atoms with E-state index in [2.05, 4.69) is 30.6 Å². The fraction of sp³-hybridized carbons (Fsp3) is 0.188. The van der Waals surface area contributed by atoms with Crippen LogP contribution in [0.1, 0.15) is 16.7 Å². The molecule has 0 saturated heterocycles. The number of anilines is 2. The van der Waals surface area contributed by atoms with Crippen molar-refractivity contribution in [3.63, 3.8) is 0 Å². The molecule has 0 bridgehead atoms. The van der Waals surface area contributed by atoms with Crippen LogP contribution in [0, 0.1) is 6.92 Å². The minimum atomic E-state index is -4.10. The minimum Gasteiger partial charge on any atom is -0.506 e. The van der Waals surface area contributed by atoms with Gasteiger partial charge in [0.05, 0.1) is 34.9 Å². The maximum absolute atomic E-state index is 14.1. The average Bonchev–Trinajstić information content (AvgIpc) is 3.43. The molecule has 0 aliphatic carbocycles. The van der Waals surface area contributed by atoms with Gasteiger partial charge in [-0.05, 0) is 66.4 Å². The van der Waals surface area contributed by atoms with E-state index in [1.807, 2.05) is 31.2 Å². The van der Waals surface area contributed by atoms with E-state index in [-0.39, 0.29) is 35.4 Å². The van der Waals surface area contributed by atoms with Gasteiger partial charge in [-0.3, -0.25) is 14.2 Å². The maximum Gasteiger partial charge on any atom is 0.269 e. The average molecular weight is 674 g/mol. The molecule has 47 heavy (non-hydrogen) atoms. The zero-order valence-corrected chi connectivity index (χ0v) is 27.3. The molecule has 0 fully saturated rings. The molecular formula is C32H31N7O6S2. The Morgan fingerprint density at radius 1 is 0.936 bits per heavy atom. The minimum absolute atomic E-state index is 0.0103. The van der Waals surface area contributed by atoms with Crippen molar-refractivity contribution < 1.29 is 26.1 Å². The van der Waals surface area contributed by atoms with Crippen molar-refractivity contribution in [1.82, 2.24) is 23.9 Å². The molecule has 0 spiro atoms. The molecule has 0 unspecified atom stereocenters. The van der Waals surface area contributed by atoms with Crippen molar-refractivity contribution in [2.75, 3.05) is 30.5 Å². The van der Waals surface area contributed by atoms with Crippen LogP contribution < -0.4 is 10.6 Å². The Morgan fingerprint density at radius 2 is 1.72 bits per heavy atom. The van der Waals surface area contributed by atoms with E-state index in [1.165, 1.54) is 12.4 Å². The topological polar surface area (TPSA) is 178 Å². The molecule has 242 valence electrons. The van der Waals surface area contributed by atoms with Crippen molar-refractivity contribution in [1.29, 1.82) is 0 Å². The summed E-state index contributed by atoms with van der Waals surface area (Å²) in [5.41, 5.74) is 4.44. The normalized spacial score (nSPS) is 12.1. The maximum atomic E-state index is 14.1. The fourth-order valence-corrected chi connectivity index (χ4v) is 6.81. The number of hydrogen-bond donors (Lipinski definition) is 3. The van der Waals surface area contributed by atoms with Crippen molar-refractivity contribution in [2.45, 2.75) is 24.8 Å². The van der Waals surface area contributed by atoms with Gasteiger partial charge in [-0.15, -0.1) is 0 Å². The molecular weight excluding hydrogens is 643 g/mol. The lowest BCUT2D eigenvalue weighted by atomic mass is 10.0. The number of aryl methyl sites for hydroxylation is 1. The van der Waals surface area contributed by atoms with Crippen LogP contribution >= 0.6 is 0 Å². The molecule has 6 aromatic rings. The molecule has 4 aromatic heterocycles. The van der Waals surface area contributed by atoms with Crippen molar-refractivity contribution in [3.8, 4) is 16.9 Å². The van der Waals surface area contributed by atoms with Gasteiger partial charge in [0.15, 0.2) is 5.65 Å². The first-order chi connectivity index (χ1) is 22.4. The van der Waals surface area contributed by atoms with Crippen LogP contribution in [0.3, 0.4) is 0 Å². The lowest BCUT2D eigenvalue weighted by molar-refractivity contribution is 0.326. The van der Waals surface area contributed by atoms with Crippen molar-refractivity contribution >= 4 is 53.8 Å². The second-order valence-corrected chi connectivity index (χ2v) is 14.4. The van der Waals surface area contributed by atoms with Gasteiger partial charge in [-0.25, -0.2) is 12.4 Å². The van der Waals surface area contributed by atoms with Crippen LogP contribution in [0.5, 0.6) is 5.75 Å². The first kappa shape index (κ1) is 31.8. The highest BCUT2D eigenvalue weighted by Gasteiger charge is 2.26. The van der Waals surface area contributed by atoms with Gasteiger partial charge in [0.25, 0.3) is 20.1 Å². The third kappa shape index (κ3) is 6.86. The van der Waals surface area contributed by atoms with Crippen molar-refractivity contribution in [3.05, 3.63) is 96.1 Å². The van der Waals surface area contributed by atoms with Crippen LogP contribution in [0.4, 0.5) is 11.8 Å². The number of hydrogen-bond acceptors (Lipinski definition) is 12. The first-order valence-corrected chi connectivity index (χ1v) is 17.7. The van der Waals surface area contributed by atoms with Gasteiger partial charge in [0.1, 0.15) is 11.6 Å². The molecule has 6 rings (SSSR count). The van der Waals surface area contributed by atoms with Crippen LogP contribution in [-0.4, -0.2) is 65.8 Å². The van der Waals surface area contributed by atoms with E-state index in [1.54, 1.807) is 49.8 Å². The molecule has 0 atom stereocenters. The van der Waals surface area contributed by atoms with Gasteiger partial charge >= 0.3 is 0 Å². The van der Waals surface area contributed by atoms with E-state index in [9.17, 15) is 21.9 Å². The summed E-state index contributed by atoms with van der Waals surface area (Å²) < 4.78 is 57.1. The number of benzene rings is 2. The fourth-order valence-electron chi connectivity index (χ4n) is 5.11. The zero-order valence-electron chi connectivity index (χ0n) is 25.7. The molecule has 3 N–H and O–H groups in total. The largest absolute Gasteiger partial charge is 0.506 e. The quantitative estimate of drug-likeness (QED) is 0.165. The SMILES string of the molecule is CNc1nc(NCc2cncc(O)c2)c2c(-c3ccc4ncc(CCOS(C)(=O)=O)cc4c3)cn(S(=O)(=O)c3ccc(C)cc3)c2n1. The van der Waals surface area contributed by atoms with Crippen molar-refractivity contribution in [2.24, 2.45) is 0 Å². The first-order valence-electron chi connectivity index (χ1n) is 14.4. The molecule has 0 saturated carbocycles. The number of aromatic hydroxyl groups is 1. The number of fused-ring (bicyclic) bond motifs is 2. The smallest absolute Gasteiger partial charge is 0.269 e. The number of pyridine rings is 2. The Balaban J connectivity index is 1.52. The predicted octanol–water partition coefficient (Wildman–Crippen LogP) is 4.47. The molecule has 15 heteroatoms. The third-order valence-electron chi connectivity index (χ3n) is 7.39. The Labute approximate surface area is 271 Å². The van der Waals surface area contributed by atoms with Gasteiger partial charge in [-0.1, -0.05) is 23.8 Å². The summed E-state index contributed by atoms with van der Waals surface area (Å²) in [6, 6.07) is 15.6. The van der Waals surface area contributed by atoms with Crippen LogP contribution in [-0.2, 0) is 37.3 Å². The number of aromatic nitrogens is 5. The second kappa shape index (κ2) is 12.6. The summed E-state index contributed by atoms with van der Waals surface area (Å²) >= 11 is 0. The summed E-state index contributed by atoms with van der Waals surface area (Å²) in [6.07, 6.45) is 7.46. The van der Waals surface area contributed by atoms with E-state index in [0.717, 1.165) is 26.7 Å². The molecule has 4 heterocycles. The summed E-state index contributed by atoms with van der Waals surface area (Å²) in [5, 5.41) is 17.3. The second-order valence-electron chi connectivity index (χ2n) is 10.9. The van der Waals surface area contributed by atoms with Gasteiger partial charge in [-0.2, -0.15) is 18.4 Å². The Kier molecular flexibility index (Phi) is 8.53. The van der Waals surface area contributed by atoms with E-state index >= 15 is 0 Å². The number of nitrogens with zero attached hydrogens (tertiary/aromatic N) is 5.